The van der Waals surface area contributed by atoms with Crippen LogP contribution in [-0.4, -0.2) is 33.7 Å². The molecule has 4 aromatic rings. The van der Waals surface area contributed by atoms with E-state index < -0.39 is 5.97 Å². The Labute approximate surface area is 178 Å². The largest absolute Gasteiger partial charge is 0.462 e. The van der Waals surface area contributed by atoms with Crippen LogP contribution in [0.2, 0.25) is 0 Å². The first-order valence-corrected chi connectivity index (χ1v) is 11.1. The number of carbonyl (C=O) groups excluding carboxylic acids is 2. The lowest BCUT2D eigenvalue weighted by atomic mass is 10.1. The summed E-state index contributed by atoms with van der Waals surface area (Å²) in [5.74, 6) is -0.668. The average Bonchev–Trinajstić information content (AvgIpc) is 3.41. The smallest absolute Gasteiger partial charge is 0.340 e. The number of nitrogens with zero attached hydrogens (tertiary/aromatic N) is 3. The molecular formula is C19H14N4O3S3. The highest BCUT2D eigenvalue weighted by atomic mass is 32.2. The van der Waals surface area contributed by atoms with Crippen LogP contribution in [0, 0.1) is 0 Å². The van der Waals surface area contributed by atoms with Gasteiger partial charge in [-0.25, -0.2) is 4.79 Å². The van der Waals surface area contributed by atoms with Crippen LogP contribution in [0.4, 0.5) is 5.13 Å². The van der Waals surface area contributed by atoms with E-state index in [1.165, 1.54) is 40.6 Å². The van der Waals surface area contributed by atoms with E-state index in [4.69, 9.17) is 4.74 Å². The van der Waals surface area contributed by atoms with E-state index in [-0.39, 0.29) is 12.5 Å². The average molecular weight is 443 g/mol. The predicted molar refractivity (Wildman–Crippen MR) is 114 cm³/mol. The summed E-state index contributed by atoms with van der Waals surface area (Å²) in [4.78, 5) is 30.3. The van der Waals surface area contributed by atoms with Crippen molar-refractivity contribution in [1.82, 2.24) is 15.2 Å². The maximum Gasteiger partial charge on any atom is 0.340 e. The quantitative estimate of drug-likeness (QED) is 0.341. The van der Waals surface area contributed by atoms with Crippen molar-refractivity contribution < 1.29 is 14.3 Å². The van der Waals surface area contributed by atoms with Crippen molar-refractivity contribution >= 4 is 62.3 Å². The molecule has 0 saturated heterocycles. The van der Waals surface area contributed by atoms with Gasteiger partial charge in [0.15, 0.2) is 4.34 Å². The van der Waals surface area contributed by atoms with Gasteiger partial charge < -0.3 is 4.74 Å². The maximum atomic E-state index is 12.4. The van der Waals surface area contributed by atoms with Crippen molar-refractivity contribution in [3.8, 4) is 0 Å². The van der Waals surface area contributed by atoms with Crippen LogP contribution < -0.4 is 5.32 Å². The number of rotatable bonds is 6. The minimum atomic E-state index is -0.441. The Hall–Kier alpha value is -2.82. The Bertz CT molecular complexity index is 1170. The molecule has 3 aromatic heterocycles. The van der Waals surface area contributed by atoms with Crippen molar-refractivity contribution in [2.45, 2.75) is 16.2 Å². The third-order valence-corrected chi connectivity index (χ3v) is 6.68. The van der Waals surface area contributed by atoms with E-state index in [1.807, 2.05) is 35.7 Å². The Morgan fingerprint density at radius 3 is 2.83 bits per heavy atom. The van der Waals surface area contributed by atoms with E-state index >= 15 is 0 Å². The fraction of sp³-hybridized carbons (Fsp3) is 0.105. The SMILES string of the molecule is CCOC(=O)c1cnc2ccccc2c1Sc1nnc(NC(=O)c2cccs2)s1. The van der Waals surface area contributed by atoms with Crippen molar-refractivity contribution in [2.75, 3.05) is 11.9 Å². The van der Waals surface area contributed by atoms with Gasteiger partial charge in [0.05, 0.1) is 22.6 Å². The van der Waals surface area contributed by atoms with Gasteiger partial charge in [0, 0.05) is 16.5 Å². The van der Waals surface area contributed by atoms with Gasteiger partial charge in [-0.1, -0.05) is 47.4 Å². The monoisotopic (exact) mass is 442 g/mol. The number of thiophene rings is 1. The van der Waals surface area contributed by atoms with Gasteiger partial charge in [0.2, 0.25) is 5.13 Å². The van der Waals surface area contributed by atoms with Gasteiger partial charge >= 0.3 is 5.97 Å². The summed E-state index contributed by atoms with van der Waals surface area (Å²) >= 11 is 3.89. The summed E-state index contributed by atoms with van der Waals surface area (Å²) in [6, 6.07) is 11.1. The number of para-hydroxylation sites is 1. The molecule has 1 N–H and O–H groups in total. The number of nitrogens with one attached hydrogen (secondary N) is 1. The molecule has 3 heterocycles. The second kappa shape index (κ2) is 8.68. The summed E-state index contributed by atoms with van der Waals surface area (Å²) in [6.45, 7) is 2.03. The third kappa shape index (κ3) is 4.29. The highest BCUT2D eigenvalue weighted by Gasteiger charge is 2.20. The number of ether oxygens (including phenoxy) is 1. The van der Waals surface area contributed by atoms with Crippen molar-refractivity contribution in [3.63, 3.8) is 0 Å². The molecule has 0 aliphatic heterocycles. The van der Waals surface area contributed by atoms with E-state index in [1.54, 1.807) is 13.0 Å². The molecule has 29 heavy (non-hydrogen) atoms. The fourth-order valence-electron chi connectivity index (χ4n) is 2.54. The van der Waals surface area contributed by atoms with Crippen molar-refractivity contribution in [1.29, 1.82) is 0 Å². The molecule has 7 nitrogen and oxygen atoms in total. The number of fused-ring (bicyclic) bond motifs is 1. The summed E-state index contributed by atoms with van der Waals surface area (Å²) in [5, 5.41) is 14.0. The van der Waals surface area contributed by atoms with Crippen LogP contribution >= 0.6 is 34.4 Å². The number of aromatic nitrogens is 3. The molecule has 10 heteroatoms. The highest BCUT2D eigenvalue weighted by Crippen LogP contribution is 2.38. The fourth-order valence-corrected chi connectivity index (χ4v) is 5.07. The zero-order valence-corrected chi connectivity index (χ0v) is 17.6. The molecule has 0 unspecified atom stereocenters. The lowest BCUT2D eigenvalue weighted by Gasteiger charge is -2.09. The number of esters is 1. The van der Waals surface area contributed by atoms with Crippen LogP contribution in [0.1, 0.15) is 27.0 Å². The third-order valence-electron chi connectivity index (χ3n) is 3.78. The second-order valence-corrected chi connectivity index (χ2v) is 8.83. The number of amides is 1. The summed E-state index contributed by atoms with van der Waals surface area (Å²) in [5.41, 5.74) is 1.13. The van der Waals surface area contributed by atoms with Crippen LogP contribution in [0.5, 0.6) is 0 Å². The number of benzene rings is 1. The molecule has 1 aromatic carbocycles. The number of anilines is 1. The van der Waals surface area contributed by atoms with E-state index in [0.29, 0.717) is 24.8 Å². The first kappa shape index (κ1) is 19.5. The maximum absolute atomic E-state index is 12.4. The molecule has 0 atom stereocenters. The van der Waals surface area contributed by atoms with Crippen LogP contribution in [0.15, 0.2) is 57.2 Å². The van der Waals surface area contributed by atoms with Crippen LogP contribution in [0.25, 0.3) is 10.9 Å². The predicted octanol–water partition coefficient (Wildman–Crippen LogP) is 4.73. The lowest BCUT2D eigenvalue weighted by Crippen LogP contribution is -2.09. The molecule has 0 fully saturated rings. The second-order valence-electron chi connectivity index (χ2n) is 5.65. The standard InChI is InChI=1S/C19H14N4O3S3/c1-2-26-17(25)12-10-20-13-7-4-3-6-11(13)15(12)28-19-23-22-18(29-19)21-16(24)14-8-5-9-27-14/h3-10H,2H2,1H3,(H,21,22,24). The number of carbonyl (C=O) groups is 2. The molecule has 0 aliphatic carbocycles. The lowest BCUT2D eigenvalue weighted by molar-refractivity contribution is 0.0522. The zero-order chi connectivity index (χ0) is 20.2. The minimum Gasteiger partial charge on any atom is -0.462 e. The number of pyridine rings is 1. The zero-order valence-electron chi connectivity index (χ0n) is 15.1. The van der Waals surface area contributed by atoms with Gasteiger partial charge in [0.1, 0.15) is 0 Å². The molecule has 0 radical (unpaired) electrons. The molecule has 4 rings (SSSR count). The molecule has 0 spiro atoms. The highest BCUT2D eigenvalue weighted by molar-refractivity contribution is 8.01. The Morgan fingerprint density at radius 1 is 1.17 bits per heavy atom. The topological polar surface area (TPSA) is 94.1 Å². The van der Waals surface area contributed by atoms with Crippen molar-refractivity contribution in [3.05, 3.63) is 58.4 Å². The van der Waals surface area contributed by atoms with Gasteiger partial charge in [-0.05, 0) is 24.4 Å². The van der Waals surface area contributed by atoms with Crippen LogP contribution in [0.3, 0.4) is 0 Å². The first-order chi connectivity index (χ1) is 14.2. The molecule has 0 aliphatic rings. The van der Waals surface area contributed by atoms with Gasteiger partial charge in [-0.15, -0.1) is 21.5 Å². The Balaban J connectivity index is 1.63. The van der Waals surface area contributed by atoms with Crippen molar-refractivity contribution in [2.24, 2.45) is 0 Å². The van der Waals surface area contributed by atoms with Gasteiger partial charge in [-0.3, -0.25) is 15.1 Å². The number of hydrogen-bond acceptors (Lipinski definition) is 9. The molecule has 0 saturated carbocycles. The normalized spacial score (nSPS) is 10.8. The molecule has 146 valence electrons. The van der Waals surface area contributed by atoms with E-state index in [0.717, 1.165) is 10.9 Å². The Kier molecular flexibility index (Phi) is 5.84. The van der Waals surface area contributed by atoms with Gasteiger partial charge in [-0.2, -0.15) is 0 Å². The number of hydrogen-bond donors (Lipinski definition) is 1. The molecule has 0 bridgehead atoms. The Morgan fingerprint density at radius 2 is 2.03 bits per heavy atom. The van der Waals surface area contributed by atoms with Gasteiger partial charge in [0.25, 0.3) is 5.91 Å². The molecule has 1 amide bonds. The summed E-state index contributed by atoms with van der Waals surface area (Å²) < 4.78 is 5.76. The van der Waals surface area contributed by atoms with E-state index in [2.05, 4.69) is 20.5 Å². The van der Waals surface area contributed by atoms with Crippen LogP contribution in [-0.2, 0) is 4.74 Å². The van der Waals surface area contributed by atoms with E-state index in [9.17, 15) is 9.59 Å². The minimum absolute atomic E-state index is 0.228. The summed E-state index contributed by atoms with van der Waals surface area (Å²) in [6.07, 6.45) is 1.52. The summed E-state index contributed by atoms with van der Waals surface area (Å²) in [7, 11) is 0. The first-order valence-electron chi connectivity index (χ1n) is 8.56. The molecular weight excluding hydrogens is 428 g/mol.